The summed E-state index contributed by atoms with van der Waals surface area (Å²) in [6.45, 7) is -0.638. The smallest absolute Gasteiger partial charge is 0.274 e. The van der Waals surface area contributed by atoms with Gasteiger partial charge in [-0.2, -0.15) is 0 Å². The largest absolute Gasteiger partial charge is 0.394 e. The van der Waals surface area contributed by atoms with Gasteiger partial charge in [0.15, 0.2) is 0 Å². The molecule has 5 atom stereocenters. The SMILES string of the molecule is NC(=O)C1(n2cccc2)O[C@H](CO)[C@@H](O)[C@H](O)[C@H]1O. The Morgan fingerprint density at radius 3 is 2.32 bits per heavy atom. The summed E-state index contributed by atoms with van der Waals surface area (Å²) in [7, 11) is 0. The third-order valence-electron chi connectivity index (χ3n) is 3.31. The minimum absolute atomic E-state index is 0.638. The molecule has 0 radical (unpaired) electrons. The van der Waals surface area contributed by atoms with E-state index in [1.807, 2.05) is 0 Å². The van der Waals surface area contributed by atoms with Gasteiger partial charge in [0.2, 0.25) is 0 Å². The molecule has 0 bridgehead atoms. The number of aliphatic hydroxyl groups excluding tert-OH is 4. The van der Waals surface area contributed by atoms with Crippen LogP contribution in [-0.2, 0) is 15.3 Å². The number of primary amides is 1. The van der Waals surface area contributed by atoms with E-state index in [0.717, 1.165) is 0 Å². The maximum atomic E-state index is 11.7. The first-order valence-corrected chi connectivity index (χ1v) is 5.71. The monoisotopic (exact) mass is 272 g/mol. The number of aromatic nitrogens is 1. The van der Waals surface area contributed by atoms with Crippen molar-refractivity contribution < 1.29 is 30.0 Å². The zero-order valence-corrected chi connectivity index (χ0v) is 9.96. The van der Waals surface area contributed by atoms with E-state index in [2.05, 4.69) is 0 Å². The highest BCUT2D eigenvalue weighted by atomic mass is 16.6. The van der Waals surface area contributed by atoms with Crippen LogP contribution in [0.25, 0.3) is 0 Å². The second-order valence-electron chi connectivity index (χ2n) is 4.42. The van der Waals surface area contributed by atoms with Crippen molar-refractivity contribution in [2.24, 2.45) is 5.73 Å². The van der Waals surface area contributed by atoms with E-state index >= 15 is 0 Å². The Hall–Kier alpha value is -1.45. The van der Waals surface area contributed by atoms with Gasteiger partial charge in [0.25, 0.3) is 11.6 Å². The van der Waals surface area contributed by atoms with Crippen LogP contribution in [0.4, 0.5) is 0 Å². The van der Waals surface area contributed by atoms with Gasteiger partial charge in [0.05, 0.1) is 6.61 Å². The standard InChI is InChI=1S/C11H16N2O6/c12-10(18)11(13-3-1-2-4-13)9(17)8(16)7(15)6(5-14)19-11/h1-4,6-9,14-17H,5H2,(H2,12,18)/t6-,7-,8+,9-,11?/m1/s1. The van der Waals surface area contributed by atoms with Gasteiger partial charge < -0.3 is 35.5 Å². The number of carbonyl (C=O) groups is 1. The molecule has 1 aromatic heterocycles. The predicted molar refractivity (Wildman–Crippen MR) is 61.6 cm³/mol. The normalized spacial score (nSPS) is 39.2. The Labute approximate surface area is 108 Å². The first-order chi connectivity index (χ1) is 8.95. The minimum Gasteiger partial charge on any atom is -0.394 e. The van der Waals surface area contributed by atoms with Crippen LogP contribution in [-0.4, -0.2) is 61.9 Å². The molecule has 1 aliphatic heterocycles. The molecule has 0 aromatic carbocycles. The van der Waals surface area contributed by atoms with Crippen molar-refractivity contribution in [3.05, 3.63) is 24.5 Å². The lowest BCUT2D eigenvalue weighted by atomic mass is 9.90. The average molecular weight is 272 g/mol. The third-order valence-corrected chi connectivity index (χ3v) is 3.31. The van der Waals surface area contributed by atoms with Crippen molar-refractivity contribution in [1.29, 1.82) is 0 Å². The van der Waals surface area contributed by atoms with Gasteiger partial charge in [0, 0.05) is 12.4 Å². The maximum absolute atomic E-state index is 11.7. The van der Waals surface area contributed by atoms with E-state index in [4.69, 9.17) is 15.6 Å². The van der Waals surface area contributed by atoms with Crippen LogP contribution in [0.5, 0.6) is 0 Å². The van der Waals surface area contributed by atoms with E-state index in [9.17, 15) is 20.1 Å². The number of nitrogens with zero attached hydrogens (tertiary/aromatic N) is 1. The highest BCUT2D eigenvalue weighted by Crippen LogP contribution is 2.34. The summed E-state index contributed by atoms with van der Waals surface area (Å²) in [4.78, 5) is 11.7. The number of hydrogen-bond donors (Lipinski definition) is 5. The van der Waals surface area contributed by atoms with Crippen LogP contribution in [0, 0.1) is 0 Å². The Morgan fingerprint density at radius 2 is 1.84 bits per heavy atom. The summed E-state index contributed by atoms with van der Waals surface area (Å²) in [5.74, 6) is -1.04. The van der Waals surface area contributed by atoms with Gasteiger partial charge >= 0.3 is 0 Å². The lowest BCUT2D eigenvalue weighted by Crippen LogP contribution is -2.69. The second kappa shape index (κ2) is 4.91. The van der Waals surface area contributed by atoms with Crippen molar-refractivity contribution in [1.82, 2.24) is 4.57 Å². The highest BCUT2D eigenvalue weighted by molar-refractivity contribution is 5.82. The lowest BCUT2D eigenvalue weighted by Gasteiger charge is -2.47. The summed E-state index contributed by atoms with van der Waals surface area (Å²) in [6, 6.07) is 3.15. The molecule has 1 aliphatic rings. The number of rotatable bonds is 3. The fourth-order valence-electron chi connectivity index (χ4n) is 2.25. The number of aliphatic hydroxyl groups is 4. The zero-order valence-electron chi connectivity index (χ0n) is 9.96. The number of carbonyl (C=O) groups excluding carboxylic acids is 1. The lowest BCUT2D eigenvalue weighted by molar-refractivity contribution is -0.292. The maximum Gasteiger partial charge on any atom is 0.274 e. The molecule has 0 aliphatic carbocycles. The number of hydrogen-bond acceptors (Lipinski definition) is 6. The van der Waals surface area contributed by atoms with E-state index in [1.165, 1.54) is 17.0 Å². The summed E-state index contributed by atoms with van der Waals surface area (Å²) >= 11 is 0. The molecule has 1 unspecified atom stereocenters. The van der Waals surface area contributed by atoms with E-state index in [-0.39, 0.29) is 0 Å². The van der Waals surface area contributed by atoms with Crippen LogP contribution < -0.4 is 5.73 Å². The summed E-state index contributed by atoms with van der Waals surface area (Å²) in [6.07, 6.45) is -3.37. The van der Waals surface area contributed by atoms with Crippen molar-refractivity contribution in [3.8, 4) is 0 Å². The third kappa shape index (κ3) is 1.94. The van der Waals surface area contributed by atoms with Gasteiger partial charge in [-0.1, -0.05) is 0 Å². The second-order valence-corrected chi connectivity index (χ2v) is 4.42. The Morgan fingerprint density at radius 1 is 1.26 bits per heavy atom. The van der Waals surface area contributed by atoms with Gasteiger partial charge in [0.1, 0.15) is 24.4 Å². The predicted octanol–water partition coefficient (Wildman–Crippen LogP) is -2.90. The fraction of sp³-hybridized carbons (Fsp3) is 0.545. The molecular formula is C11H16N2O6. The molecule has 6 N–H and O–H groups in total. The van der Waals surface area contributed by atoms with Crippen molar-refractivity contribution in [3.63, 3.8) is 0 Å². The molecule has 0 saturated carbocycles. The molecule has 1 fully saturated rings. The molecule has 2 heterocycles. The minimum atomic E-state index is -2.07. The van der Waals surface area contributed by atoms with Gasteiger partial charge in [-0.15, -0.1) is 0 Å². The molecule has 8 nitrogen and oxygen atoms in total. The van der Waals surface area contributed by atoms with Crippen molar-refractivity contribution in [2.45, 2.75) is 30.1 Å². The van der Waals surface area contributed by atoms with Crippen molar-refractivity contribution >= 4 is 5.91 Å². The van der Waals surface area contributed by atoms with E-state index in [1.54, 1.807) is 12.1 Å². The molecule has 1 amide bonds. The average Bonchev–Trinajstić information content (AvgIpc) is 2.90. The van der Waals surface area contributed by atoms with E-state index < -0.39 is 42.7 Å². The number of amides is 1. The van der Waals surface area contributed by atoms with Gasteiger partial charge in [-0.25, -0.2) is 0 Å². The molecule has 8 heteroatoms. The molecular weight excluding hydrogens is 256 g/mol. The molecule has 1 saturated heterocycles. The Bertz CT molecular complexity index is 448. The first kappa shape index (κ1) is 14.0. The Kier molecular flexibility index (Phi) is 3.61. The van der Waals surface area contributed by atoms with Crippen LogP contribution in [0.1, 0.15) is 0 Å². The molecule has 1 aromatic rings. The summed E-state index contributed by atoms with van der Waals surface area (Å²) in [5.41, 5.74) is 3.22. The first-order valence-electron chi connectivity index (χ1n) is 5.71. The summed E-state index contributed by atoms with van der Waals surface area (Å²) in [5, 5.41) is 38.7. The zero-order chi connectivity index (χ0) is 14.2. The topological polar surface area (TPSA) is 138 Å². The van der Waals surface area contributed by atoms with Crippen LogP contribution in [0.3, 0.4) is 0 Å². The van der Waals surface area contributed by atoms with Crippen LogP contribution >= 0.6 is 0 Å². The highest BCUT2D eigenvalue weighted by Gasteiger charge is 2.58. The molecule has 19 heavy (non-hydrogen) atoms. The summed E-state index contributed by atoms with van der Waals surface area (Å²) < 4.78 is 6.49. The van der Waals surface area contributed by atoms with Gasteiger partial charge in [-0.3, -0.25) is 4.79 Å². The van der Waals surface area contributed by atoms with Crippen LogP contribution in [0.15, 0.2) is 24.5 Å². The van der Waals surface area contributed by atoms with Crippen LogP contribution in [0.2, 0.25) is 0 Å². The molecule has 2 rings (SSSR count). The fourth-order valence-corrected chi connectivity index (χ4v) is 2.25. The molecule has 0 spiro atoms. The quantitative estimate of drug-likeness (QED) is 0.400. The number of ether oxygens (including phenoxy) is 1. The number of nitrogens with two attached hydrogens (primary N) is 1. The van der Waals surface area contributed by atoms with E-state index in [0.29, 0.717) is 0 Å². The van der Waals surface area contributed by atoms with Crippen molar-refractivity contribution in [2.75, 3.05) is 6.61 Å². The molecule has 106 valence electrons. The Balaban J connectivity index is 2.50. The van der Waals surface area contributed by atoms with Gasteiger partial charge in [-0.05, 0) is 12.1 Å².